The topological polar surface area (TPSA) is 49.9 Å². The van der Waals surface area contributed by atoms with Crippen LogP contribution in [-0.2, 0) is 9.59 Å². The van der Waals surface area contributed by atoms with Crippen LogP contribution in [0.4, 0.5) is 4.39 Å². The first-order chi connectivity index (χ1) is 11.6. The van der Waals surface area contributed by atoms with Crippen molar-refractivity contribution in [3.05, 3.63) is 30.1 Å². The zero-order chi connectivity index (χ0) is 16.9. The largest absolute Gasteiger partial charge is 0.491 e. The second kappa shape index (κ2) is 7.64. The Kier molecular flexibility index (Phi) is 5.33. The summed E-state index contributed by atoms with van der Waals surface area (Å²) < 4.78 is 19.0. The molecule has 2 fully saturated rings. The molecule has 0 N–H and O–H groups in total. The fourth-order valence-electron chi connectivity index (χ4n) is 3.33. The lowest BCUT2D eigenvalue weighted by atomic mass is 10.1. The number of amides is 2. The Morgan fingerprint density at radius 3 is 2.88 bits per heavy atom. The molecule has 2 amide bonds. The number of carbonyl (C=O) groups is 2. The molecule has 2 aliphatic rings. The van der Waals surface area contributed by atoms with Crippen LogP contribution in [0.25, 0.3) is 0 Å². The van der Waals surface area contributed by atoms with Gasteiger partial charge >= 0.3 is 0 Å². The van der Waals surface area contributed by atoms with E-state index in [9.17, 15) is 14.0 Å². The Hall–Kier alpha value is -2.11. The molecular weight excluding hydrogens is 311 g/mol. The summed E-state index contributed by atoms with van der Waals surface area (Å²) in [6.45, 7) is 2.76. The predicted molar refractivity (Wildman–Crippen MR) is 87.0 cm³/mol. The molecule has 1 aromatic carbocycles. The standard InChI is InChI=1S/C18H23FN2O3/c19-15-4-1-2-5-16(15)24-11-8-14-7-10-21(12-14)18(23)13-20-9-3-6-17(20)22/h1-2,4-5,14H,3,6-13H2. The molecule has 130 valence electrons. The Morgan fingerprint density at radius 1 is 1.29 bits per heavy atom. The van der Waals surface area contributed by atoms with E-state index in [1.54, 1.807) is 23.1 Å². The Labute approximate surface area is 141 Å². The molecule has 0 aromatic heterocycles. The summed E-state index contributed by atoms with van der Waals surface area (Å²) in [4.78, 5) is 27.4. The van der Waals surface area contributed by atoms with Crippen LogP contribution < -0.4 is 4.74 Å². The molecule has 1 atom stereocenters. The van der Waals surface area contributed by atoms with Crippen LogP contribution in [0.5, 0.6) is 5.75 Å². The van der Waals surface area contributed by atoms with E-state index in [0.29, 0.717) is 32.0 Å². The van der Waals surface area contributed by atoms with Gasteiger partial charge in [-0.3, -0.25) is 9.59 Å². The average molecular weight is 334 g/mol. The van der Waals surface area contributed by atoms with E-state index in [4.69, 9.17) is 4.74 Å². The van der Waals surface area contributed by atoms with Gasteiger partial charge in [0.05, 0.1) is 13.2 Å². The van der Waals surface area contributed by atoms with Gasteiger partial charge in [0.25, 0.3) is 0 Å². The van der Waals surface area contributed by atoms with Crippen LogP contribution in [-0.4, -0.2) is 54.4 Å². The minimum Gasteiger partial charge on any atom is -0.491 e. The number of rotatable bonds is 6. The molecule has 24 heavy (non-hydrogen) atoms. The molecule has 5 nitrogen and oxygen atoms in total. The van der Waals surface area contributed by atoms with Crippen LogP contribution in [0, 0.1) is 11.7 Å². The maximum Gasteiger partial charge on any atom is 0.242 e. The van der Waals surface area contributed by atoms with Crippen molar-refractivity contribution in [2.24, 2.45) is 5.92 Å². The van der Waals surface area contributed by atoms with Gasteiger partial charge in [-0.2, -0.15) is 0 Å². The summed E-state index contributed by atoms with van der Waals surface area (Å²) in [7, 11) is 0. The van der Waals surface area contributed by atoms with Crippen molar-refractivity contribution < 1.29 is 18.7 Å². The maximum absolute atomic E-state index is 13.5. The second-order valence-corrected chi connectivity index (χ2v) is 6.48. The zero-order valence-electron chi connectivity index (χ0n) is 13.7. The fourth-order valence-corrected chi connectivity index (χ4v) is 3.33. The van der Waals surface area contributed by atoms with Gasteiger partial charge in [-0.05, 0) is 37.3 Å². The molecule has 2 heterocycles. The average Bonchev–Trinajstić information content (AvgIpc) is 3.19. The molecule has 6 heteroatoms. The van der Waals surface area contributed by atoms with E-state index in [2.05, 4.69) is 0 Å². The second-order valence-electron chi connectivity index (χ2n) is 6.48. The molecule has 0 spiro atoms. The van der Waals surface area contributed by atoms with Gasteiger partial charge in [0.15, 0.2) is 11.6 Å². The summed E-state index contributed by atoms with van der Waals surface area (Å²) in [6.07, 6.45) is 3.13. The highest BCUT2D eigenvalue weighted by molar-refractivity contribution is 5.86. The molecule has 2 aliphatic heterocycles. The Morgan fingerprint density at radius 2 is 2.12 bits per heavy atom. The van der Waals surface area contributed by atoms with Gasteiger partial charge in [-0.25, -0.2) is 4.39 Å². The summed E-state index contributed by atoms with van der Waals surface area (Å²) in [6, 6.07) is 6.37. The van der Waals surface area contributed by atoms with Gasteiger partial charge in [0.1, 0.15) is 0 Å². The van der Waals surface area contributed by atoms with Crippen LogP contribution in [0.3, 0.4) is 0 Å². The molecule has 1 aromatic rings. The summed E-state index contributed by atoms with van der Waals surface area (Å²) in [5.41, 5.74) is 0. The van der Waals surface area contributed by atoms with Gasteiger partial charge in [-0.1, -0.05) is 12.1 Å². The number of ether oxygens (including phenoxy) is 1. The van der Waals surface area contributed by atoms with E-state index in [0.717, 1.165) is 25.8 Å². The molecule has 1 unspecified atom stereocenters. The lowest BCUT2D eigenvalue weighted by Crippen LogP contribution is -2.39. The third-order valence-electron chi connectivity index (χ3n) is 4.76. The highest BCUT2D eigenvalue weighted by Gasteiger charge is 2.29. The van der Waals surface area contributed by atoms with Gasteiger partial charge in [-0.15, -0.1) is 0 Å². The van der Waals surface area contributed by atoms with Crippen molar-refractivity contribution >= 4 is 11.8 Å². The monoisotopic (exact) mass is 334 g/mol. The number of halogens is 1. The van der Waals surface area contributed by atoms with Crippen molar-refractivity contribution in [2.45, 2.75) is 25.7 Å². The fraction of sp³-hybridized carbons (Fsp3) is 0.556. The van der Waals surface area contributed by atoms with Crippen molar-refractivity contribution in [1.82, 2.24) is 9.80 Å². The number of benzene rings is 1. The summed E-state index contributed by atoms with van der Waals surface area (Å²) in [5, 5.41) is 0. The normalized spacial score (nSPS) is 20.7. The highest BCUT2D eigenvalue weighted by Crippen LogP contribution is 2.22. The summed E-state index contributed by atoms with van der Waals surface area (Å²) >= 11 is 0. The smallest absolute Gasteiger partial charge is 0.242 e. The van der Waals surface area contributed by atoms with E-state index < -0.39 is 0 Å². The molecular formula is C18H23FN2O3. The van der Waals surface area contributed by atoms with Gasteiger partial charge in [0.2, 0.25) is 11.8 Å². The molecule has 2 saturated heterocycles. The van der Waals surface area contributed by atoms with E-state index in [1.165, 1.54) is 6.07 Å². The number of nitrogens with zero attached hydrogens (tertiary/aromatic N) is 2. The summed E-state index contributed by atoms with van der Waals surface area (Å²) in [5.74, 6) is 0.405. The van der Waals surface area contributed by atoms with Gasteiger partial charge in [0, 0.05) is 26.1 Å². The number of carbonyl (C=O) groups excluding carboxylic acids is 2. The lowest BCUT2D eigenvalue weighted by molar-refractivity contribution is -0.137. The van der Waals surface area contributed by atoms with Gasteiger partial charge < -0.3 is 14.5 Å². The lowest BCUT2D eigenvalue weighted by Gasteiger charge is -2.21. The zero-order valence-corrected chi connectivity index (χ0v) is 13.7. The highest BCUT2D eigenvalue weighted by atomic mass is 19.1. The quantitative estimate of drug-likeness (QED) is 0.800. The first-order valence-electron chi connectivity index (χ1n) is 8.56. The minimum absolute atomic E-state index is 0.0303. The number of para-hydroxylation sites is 1. The van der Waals surface area contributed by atoms with Crippen molar-refractivity contribution in [3.8, 4) is 5.75 Å². The van der Waals surface area contributed by atoms with E-state index in [-0.39, 0.29) is 29.9 Å². The van der Waals surface area contributed by atoms with Crippen LogP contribution >= 0.6 is 0 Å². The van der Waals surface area contributed by atoms with Crippen molar-refractivity contribution in [1.29, 1.82) is 0 Å². The van der Waals surface area contributed by atoms with Crippen LogP contribution in [0.1, 0.15) is 25.7 Å². The third-order valence-corrected chi connectivity index (χ3v) is 4.76. The number of hydrogen-bond acceptors (Lipinski definition) is 3. The van der Waals surface area contributed by atoms with E-state index in [1.807, 2.05) is 4.90 Å². The molecule has 0 radical (unpaired) electrons. The third kappa shape index (κ3) is 4.04. The van der Waals surface area contributed by atoms with Crippen LogP contribution in [0.15, 0.2) is 24.3 Å². The number of likely N-dealkylation sites (tertiary alicyclic amines) is 2. The van der Waals surface area contributed by atoms with Crippen LogP contribution in [0.2, 0.25) is 0 Å². The van der Waals surface area contributed by atoms with Crippen molar-refractivity contribution in [3.63, 3.8) is 0 Å². The Bertz CT molecular complexity index is 608. The predicted octanol–water partition coefficient (Wildman–Crippen LogP) is 2.07. The molecule has 0 bridgehead atoms. The SMILES string of the molecule is O=C1CCCN1CC(=O)N1CCC(CCOc2ccccc2F)C1. The van der Waals surface area contributed by atoms with Crippen molar-refractivity contribution in [2.75, 3.05) is 32.8 Å². The first-order valence-corrected chi connectivity index (χ1v) is 8.56. The molecule has 0 aliphatic carbocycles. The Balaban J connectivity index is 1.40. The first kappa shape index (κ1) is 16.7. The van der Waals surface area contributed by atoms with E-state index >= 15 is 0 Å². The minimum atomic E-state index is -0.351. The maximum atomic E-state index is 13.5. The molecule has 0 saturated carbocycles. The molecule has 3 rings (SSSR count). The number of hydrogen-bond donors (Lipinski definition) is 0.